The molecule has 0 atom stereocenters. The predicted octanol–water partition coefficient (Wildman–Crippen LogP) is 10.1. The highest BCUT2D eigenvalue weighted by Gasteiger charge is 2.03. The molecule has 0 N–H and O–H groups in total. The molecule has 2 aromatic heterocycles. The molecule has 0 amide bonds. The number of aryl methyl sites for hydroxylation is 2. The summed E-state index contributed by atoms with van der Waals surface area (Å²) in [5.41, 5.74) is 7.58. The number of benzene rings is 3. The number of rotatable bonds is 6. The van der Waals surface area contributed by atoms with Crippen LogP contribution in [0.15, 0.2) is 97.1 Å². The van der Waals surface area contributed by atoms with Gasteiger partial charge in [0.1, 0.15) is 0 Å². The van der Waals surface area contributed by atoms with E-state index >= 15 is 0 Å². The topological polar surface area (TPSA) is 0 Å². The van der Waals surface area contributed by atoms with Gasteiger partial charge in [-0.2, -0.15) is 0 Å². The molecule has 0 aliphatic rings. The molecule has 3 aromatic carbocycles. The van der Waals surface area contributed by atoms with Gasteiger partial charge in [0, 0.05) is 19.5 Å². The summed E-state index contributed by atoms with van der Waals surface area (Å²) < 4.78 is 0. The Kier molecular flexibility index (Phi) is 6.71. The average molecular weight is 475 g/mol. The van der Waals surface area contributed by atoms with Crippen LogP contribution in [-0.4, -0.2) is 0 Å². The van der Waals surface area contributed by atoms with E-state index in [1.54, 1.807) is 0 Å². The van der Waals surface area contributed by atoms with Crippen molar-refractivity contribution in [2.24, 2.45) is 0 Å². The van der Waals surface area contributed by atoms with Crippen molar-refractivity contribution in [2.45, 2.75) is 13.8 Å². The highest BCUT2D eigenvalue weighted by Crippen LogP contribution is 2.31. The van der Waals surface area contributed by atoms with Crippen LogP contribution in [0.2, 0.25) is 0 Å². The van der Waals surface area contributed by atoms with Crippen LogP contribution in [0.1, 0.15) is 32.0 Å². The van der Waals surface area contributed by atoms with Crippen molar-refractivity contribution in [1.29, 1.82) is 0 Å². The third kappa shape index (κ3) is 5.36. The predicted molar refractivity (Wildman–Crippen MR) is 153 cm³/mol. The fraction of sp³-hybridized carbons (Fsp3) is 0.0625. The molecule has 0 bridgehead atoms. The Bertz CT molecular complexity index is 1330. The van der Waals surface area contributed by atoms with Gasteiger partial charge in [-0.05, 0) is 72.5 Å². The molecule has 0 spiro atoms. The van der Waals surface area contributed by atoms with E-state index < -0.39 is 0 Å². The van der Waals surface area contributed by atoms with Gasteiger partial charge in [0.15, 0.2) is 0 Å². The molecule has 2 heterocycles. The van der Waals surface area contributed by atoms with Gasteiger partial charge in [0.2, 0.25) is 0 Å². The molecule has 0 fully saturated rings. The molecule has 0 aliphatic carbocycles. The molecule has 0 saturated heterocycles. The van der Waals surface area contributed by atoms with Gasteiger partial charge in [-0.3, -0.25) is 0 Å². The zero-order valence-electron chi connectivity index (χ0n) is 19.4. The zero-order valence-corrected chi connectivity index (χ0v) is 21.0. The molecule has 2 heteroatoms. The van der Waals surface area contributed by atoms with E-state index in [2.05, 4.69) is 135 Å². The summed E-state index contributed by atoms with van der Waals surface area (Å²) in [5.74, 6) is 0. The van der Waals surface area contributed by atoms with E-state index in [0.717, 1.165) is 0 Å². The van der Waals surface area contributed by atoms with Crippen LogP contribution >= 0.6 is 22.7 Å². The first-order valence-corrected chi connectivity index (χ1v) is 13.1. The van der Waals surface area contributed by atoms with E-state index in [0.29, 0.717) is 0 Å². The van der Waals surface area contributed by atoms with Crippen molar-refractivity contribution >= 4 is 47.0 Å². The Morgan fingerprint density at radius 3 is 1.26 bits per heavy atom. The molecule has 166 valence electrons. The minimum atomic E-state index is 1.22. The van der Waals surface area contributed by atoms with Gasteiger partial charge in [0.25, 0.3) is 0 Å². The molecule has 5 rings (SSSR count). The van der Waals surface area contributed by atoms with Crippen molar-refractivity contribution in [3.8, 4) is 20.9 Å². The lowest BCUT2D eigenvalue weighted by molar-refractivity contribution is 1.48. The molecule has 5 aromatic rings. The van der Waals surface area contributed by atoms with Crippen LogP contribution < -0.4 is 0 Å². The Morgan fingerprint density at radius 2 is 0.853 bits per heavy atom. The van der Waals surface area contributed by atoms with Crippen LogP contribution in [0.3, 0.4) is 0 Å². The minimum Gasteiger partial charge on any atom is -0.136 e. The second-order valence-corrected chi connectivity index (χ2v) is 10.7. The number of hydrogen-bond acceptors (Lipinski definition) is 2. The van der Waals surface area contributed by atoms with E-state index in [1.807, 2.05) is 22.7 Å². The maximum atomic E-state index is 2.22. The average Bonchev–Trinajstić information content (AvgIpc) is 3.53. The lowest BCUT2D eigenvalue weighted by Crippen LogP contribution is -1.78. The summed E-state index contributed by atoms with van der Waals surface area (Å²) in [6, 6.07) is 34.9. The Labute approximate surface area is 210 Å². The van der Waals surface area contributed by atoms with Crippen molar-refractivity contribution in [3.63, 3.8) is 0 Å². The van der Waals surface area contributed by atoms with E-state index in [1.165, 1.54) is 52.9 Å². The van der Waals surface area contributed by atoms with Gasteiger partial charge in [-0.15, -0.1) is 22.7 Å². The van der Waals surface area contributed by atoms with Gasteiger partial charge in [0.05, 0.1) is 0 Å². The quantitative estimate of drug-likeness (QED) is 0.230. The van der Waals surface area contributed by atoms with Crippen molar-refractivity contribution < 1.29 is 0 Å². The fourth-order valence-corrected chi connectivity index (χ4v) is 5.62. The largest absolute Gasteiger partial charge is 0.136 e. The third-order valence-corrected chi connectivity index (χ3v) is 7.98. The van der Waals surface area contributed by atoms with E-state index in [4.69, 9.17) is 0 Å². The first-order valence-electron chi connectivity index (χ1n) is 11.4. The molecular weight excluding hydrogens is 448 g/mol. The van der Waals surface area contributed by atoms with E-state index in [9.17, 15) is 0 Å². The van der Waals surface area contributed by atoms with Crippen molar-refractivity contribution in [1.82, 2.24) is 0 Å². The zero-order chi connectivity index (χ0) is 23.3. The maximum absolute atomic E-state index is 2.22. The standard InChI is InChI=1S/C32H26S2/c1-23-7-11-27(12-8-23)31-21-19-29(33-31)17-15-25-5-3-4-6-26(25)16-18-30-20-22-32(34-30)28-13-9-24(2)10-14-28/h3-22H,1-2H3/b17-15-,18-16-. The number of thiophene rings is 2. The van der Waals surface area contributed by atoms with Crippen LogP contribution in [0.5, 0.6) is 0 Å². The minimum absolute atomic E-state index is 1.22. The van der Waals surface area contributed by atoms with Gasteiger partial charge in [-0.1, -0.05) is 96.1 Å². The molecule has 34 heavy (non-hydrogen) atoms. The van der Waals surface area contributed by atoms with Gasteiger partial charge < -0.3 is 0 Å². The second-order valence-electron chi connectivity index (χ2n) is 8.43. The highest BCUT2D eigenvalue weighted by molar-refractivity contribution is 7.16. The highest BCUT2D eigenvalue weighted by atomic mass is 32.1. The van der Waals surface area contributed by atoms with E-state index in [-0.39, 0.29) is 0 Å². The third-order valence-electron chi connectivity index (χ3n) is 5.78. The van der Waals surface area contributed by atoms with Crippen LogP contribution in [0.25, 0.3) is 45.2 Å². The molecule has 0 nitrogen and oxygen atoms in total. The van der Waals surface area contributed by atoms with Gasteiger partial charge in [-0.25, -0.2) is 0 Å². The molecule has 0 saturated carbocycles. The summed E-state index contributed by atoms with van der Waals surface area (Å²) in [6.07, 6.45) is 8.87. The van der Waals surface area contributed by atoms with Crippen LogP contribution in [0, 0.1) is 13.8 Å². The summed E-state index contributed by atoms with van der Waals surface area (Å²) in [4.78, 5) is 5.12. The second kappa shape index (κ2) is 10.2. The number of hydrogen-bond donors (Lipinski definition) is 0. The van der Waals surface area contributed by atoms with Crippen molar-refractivity contribution in [2.75, 3.05) is 0 Å². The van der Waals surface area contributed by atoms with Crippen LogP contribution in [-0.2, 0) is 0 Å². The lowest BCUT2D eigenvalue weighted by atomic mass is 10.1. The van der Waals surface area contributed by atoms with Crippen molar-refractivity contribution in [3.05, 3.63) is 129 Å². The Morgan fingerprint density at radius 1 is 0.441 bits per heavy atom. The normalized spacial score (nSPS) is 11.6. The lowest BCUT2D eigenvalue weighted by Gasteiger charge is -2.00. The summed E-state index contributed by atoms with van der Waals surface area (Å²) in [7, 11) is 0. The SMILES string of the molecule is Cc1ccc(-c2ccc(/C=C\c3ccccc3/C=C\c3ccc(-c4ccc(C)cc4)s3)s2)cc1. The Balaban J connectivity index is 1.32. The first kappa shape index (κ1) is 22.3. The fourth-order valence-electron chi connectivity index (χ4n) is 3.79. The molecular formula is C32H26S2. The smallest absolute Gasteiger partial charge is 0.0349 e. The maximum Gasteiger partial charge on any atom is 0.0349 e. The monoisotopic (exact) mass is 474 g/mol. The summed E-state index contributed by atoms with van der Waals surface area (Å²) in [6.45, 7) is 4.25. The molecule has 0 radical (unpaired) electrons. The summed E-state index contributed by atoms with van der Waals surface area (Å²) in [5, 5.41) is 0. The molecule has 0 aliphatic heterocycles. The summed E-state index contributed by atoms with van der Waals surface area (Å²) >= 11 is 3.65. The Hall–Kier alpha value is -3.46. The van der Waals surface area contributed by atoms with Crippen LogP contribution in [0.4, 0.5) is 0 Å². The molecule has 0 unspecified atom stereocenters. The van der Waals surface area contributed by atoms with Gasteiger partial charge >= 0.3 is 0 Å². The first-order chi connectivity index (χ1) is 16.6.